The van der Waals surface area contributed by atoms with Gasteiger partial charge in [0, 0.05) is 17.3 Å². The molecule has 0 amide bonds. The molecule has 94 valence electrons. The van der Waals surface area contributed by atoms with Crippen LogP contribution >= 0.6 is 11.3 Å². The number of ketones is 1. The van der Waals surface area contributed by atoms with Gasteiger partial charge in [-0.25, -0.2) is 4.98 Å². The van der Waals surface area contributed by atoms with Crippen LogP contribution in [0.15, 0.2) is 36.5 Å². The van der Waals surface area contributed by atoms with Crippen LogP contribution in [0.25, 0.3) is 21.5 Å². The number of benzene rings is 1. The lowest BCUT2D eigenvalue weighted by atomic mass is 10.1. The number of aromatic nitrogens is 2. The predicted molar refractivity (Wildman–Crippen MR) is 77.6 cm³/mol. The third-order valence-corrected chi connectivity index (χ3v) is 3.91. The van der Waals surface area contributed by atoms with E-state index >= 15 is 0 Å². The smallest absolute Gasteiger partial charge is 0.159 e. The molecule has 0 radical (unpaired) electrons. The summed E-state index contributed by atoms with van der Waals surface area (Å²) < 4.78 is 1.17. The fourth-order valence-electron chi connectivity index (χ4n) is 2.01. The van der Waals surface area contributed by atoms with Gasteiger partial charge in [0.15, 0.2) is 5.78 Å². The number of carbonyl (C=O) groups excluding carboxylic acids is 1. The van der Waals surface area contributed by atoms with Crippen LogP contribution < -0.4 is 0 Å². The fraction of sp³-hybridized carbons (Fsp3) is 0.133. The molecule has 3 aromatic rings. The van der Waals surface area contributed by atoms with Crippen molar-refractivity contribution in [2.75, 3.05) is 0 Å². The first-order valence-electron chi connectivity index (χ1n) is 5.98. The van der Waals surface area contributed by atoms with E-state index in [0.717, 1.165) is 21.8 Å². The van der Waals surface area contributed by atoms with Crippen LogP contribution in [-0.4, -0.2) is 15.8 Å². The zero-order valence-electron chi connectivity index (χ0n) is 10.7. The minimum absolute atomic E-state index is 0.0502. The Kier molecular flexibility index (Phi) is 2.87. The molecule has 0 spiro atoms. The molecule has 0 N–H and O–H groups in total. The second-order valence-electron chi connectivity index (χ2n) is 4.40. The summed E-state index contributed by atoms with van der Waals surface area (Å²) in [5, 5.41) is 1.05. The molecule has 0 atom stereocenters. The molecule has 0 aliphatic carbocycles. The number of thiazole rings is 1. The number of Topliss-reactive ketones (excluding diaryl/α,β-unsaturated/α-hetero) is 1. The number of nitrogens with zero attached hydrogens (tertiary/aromatic N) is 2. The number of carbonyl (C=O) groups is 1. The van der Waals surface area contributed by atoms with Crippen LogP contribution in [-0.2, 0) is 0 Å². The number of fused-ring (bicyclic) bond motifs is 1. The second-order valence-corrected chi connectivity index (χ2v) is 5.64. The largest absolute Gasteiger partial charge is 0.295 e. The van der Waals surface area contributed by atoms with E-state index < -0.39 is 0 Å². The zero-order valence-corrected chi connectivity index (χ0v) is 11.5. The molecule has 2 aromatic heterocycles. The van der Waals surface area contributed by atoms with Gasteiger partial charge in [0.05, 0.1) is 20.9 Å². The second kappa shape index (κ2) is 4.55. The van der Waals surface area contributed by atoms with Crippen LogP contribution in [0.4, 0.5) is 0 Å². The SMILES string of the molecule is CC(=O)c1ccnc(-c2ccc3sc(C)nc3c2)c1. The van der Waals surface area contributed by atoms with Gasteiger partial charge in [-0.05, 0) is 38.1 Å². The van der Waals surface area contributed by atoms with Crippen molar-refractivity contribution in [3.8, 4) is 11.3 Å². The Morgan fingerprint density at radius 1 is 1.21 bits per heavy atom. The monoisotopic (exact) mass is 268 g/mol. The highest BCUT2D eigenvalue weighted by Gasteiger charge is 2.06. The Labute approximate surface area is 115 Å². The summed E-state index contributed by atoms with van der Waals surface area (Å²) in [5.41, 5.74) is 3.45. The Balaban J connectivity index is 2.12. The van der Waals surface area contributed by atoms with Crippen molar-refractivity contribution in [3.05, 3.63) is 47.1 Å². The first-order valence-corrected chi connectivity index (χ1v) is 6.80. The quantitative estimate of drug-likeness (QED) is 0.663. The predicted octanol–water partition coefficient (Wildman–Crippen LogP) is 3.87. The summed E-state index contributed by atoms with van der Waals surface area (Å²) in [6, 6.07) is 9.65. The maximum absolute atomic E-state index is 11.4. The van der Waals surface area contributed by atoms with Gasteiger partial charge in [-0.15, -0.1) is 11.3 Å². The number of aryl methyl sites for hydroxylation is 1. The van der Waals surface area contributed by atoms with Crippen molar-refractivity contribution < 1.29 is 4.79 Å². The first-order chi connectivity index (χ1) is 9.13. The molecule has 1 aromatic carbocycles. The van der Waals surface area contributed by atoms with Gasteiger partial charge in [-0.2, -0.15) is 0 Å². The summed E-state index contributed by atoms with van der Waals surface area (Å²) in [5.74, 6) is 0.0502. The molecule has 3 nitrogen and oxygen atoms in total. The Hall–Kier alpha value is -2.07. The summed E-state index contributed by atoms with van der Waals surface area (Å²) in [7, 11) is 0. The minimum atomic E-state index is 0.0502. The number of hydrogen-bond acceptors (Lipinski definition) is 4. The standard InChI is InChI=1S/C15H12N2OS/c1-9(18)11-5-6-16-13(7-11)12-3-4-15-14(8-12)17-10(2)19-15/h3-8H,1-2H3. The summed E-state index contributed by atoms with van der Waals surface area (Å²) >= 11 is 1.68. The highest BCUT2D eigenvalue weighted by molar-refractivity contribution is 7.18. The van der Waals surface area contributed by atoms with E-state index in [-0.39, 0.29) is 5.78 Å². The normalized spacial score (nSPS) is 10.8. The van der Waals surface area contributed by atoms with Crippen molar-refractivity contribution in [1.82, 2.24) is 9.97 Å². The average Bonchev–Trinajstić information content (AvgIpc) is 2.77. The van der Waals surface area contributed by atoms with Crippen LogP contribution in [0.2, 0.25) is 0 Å². The van der Waals surface area contributed by atoms with E-state index in [2.05, 4.69) is 16.0 Å². The van der Waals surface area contributed by atoms with Crippen LogP contribution in [0.3, 0.4) is 0 Å². The van der Waals surface area contributed by atoms with E-state index in [4.69, 9.17) is 0 Å². The molecule has 2 heterocycles. The van der Waals surface area contributed by atoms with E-state index in [1.165, 1.54) is 4.70 Å². The van der Waals surface area contributed by atoms with E-state index in [9.17, 15) is 4.79 Å². The molecule has 0 saturated heterocycles. The van der Waals surface area contributed by atoms with Gasteiger partial charge in [-0.1, -0.05) is 6.07 Å². The van der Waals surface area contributed by atoms with Gasteiger partial charge in [0.2, 0.25) is 0 Å². The van der Waals surface area contributed by atoms with E-state index in [1.807, 2.05) is 25.1 Å². The van der Waals surface area contributed by atoms with Gasteiger partial charge >= 0.3 is 0 Å². The highest BCUT2D eigenvalue weighted by atomic mass is 32.1. The number of pyridine rings is 1. The van der Waals surface area contributed by atoms with Gasteiger partial charge in [0.25, 0.3) is 0 Å². The zero-order chi connectivity index (χ0) is 13.4. The lowest BCUT2D eigenvalue weighted by Gasteiger charge is -2.02. The van der Waals surface area contributed by atoms with Crippen molar-refractivity contribution in [3.63, 3.8) is 0 Å². The number of rotatable bonds is 2. The molecule has 0 aliphatic heterocycles. The maximum atomic E-state index is 11.4. The third kappa shape index (κ3) is 2.27. The topological polar surface area (TPSA) is 42.9 Å². The molecule has 19 heavy (non-hydrogen) atoms. The van der Waals surface area contributed by atoms with E-state index in [0.29, 0.717) is 5.56 Å². The Morgan fingerprint density at radius 3 is 2.84 bits per heavy atom. The van der Waals surface area contributed by atoms with E-state index in [1.54, 1.807) is 30.5 Å². The van der Waals surface area contributed by atoms with Crippen molar-refractivity contribution in [2.24, 2.45) is 0 Å². The molecule has 4 heteroatoms. The molecule has 0 aliphatic rings. The van der Waals surface area contributed by atoms with Crippen molar-refractivity contribution >= 4 is 27.3 Å². The molecular weight excluding hydrogens is 256 g/mol. The van der Waals surface area contributed by atoms with Crippen molar-refractivity contribution in [1.29, 1.82) is 0 Å². The van der Waals surface area contributed by atoms with Crippen LogP contribution in [0.1, 0.15) is 22.3 Å². The lowest BCUT2D eigenvalue weighted by molar-refractivity contribution is 0.101. The number of hydrogen-bond donors (Lipinski definition) is 0. The molecule has 0 unspecified atom stereocenters. The first kappa shape index (κ1) is 12.0. The summed E-state index contributed by atoms with van der Waals surface area (Å²) in [6.07, 6.45) is 1.67. The maximum Gasteiger partial charge on any atom is 0.159 e. The molecule has 0 bridgehead atoms. The van der Waals surface area contributed by atoms with Gasteiger partial charge in [0.1, 0.15) is 0 Å². The fourth-order valence-corrected chi connectivity index (χ4v) is 2.82. The minimum Gasteiger partial charge on any atom is -0.295 e. The summed E-state index contributed by atoms with van der Waals surface area (Å²) in [6.45, 7) is 3.56. The highest BCUT2D eigenvalue weighted by Crippen LogP contribution is 2.27. The molecule has 0 saturated carbocycles. The average molecular weight is 268 g/mol. The molecule has 0 fully saturated rings. The van der Waals surface area contributed by atoms with Gasteiger partial charge < -0.3 is 0 Å². The van der Waals surface area contributed by atoms with Crippen LogP contribution in [0, 0.1) is 6.92 Å². The molecular formula is C15H12N2OS. The third-order valence-electron chi connectivity index (χ3n) is 2.96. The van der Waals surface area contributed by atoms with Crippen LogP contribution in [0.5, 0.6) is 0 Å². The van der Waals surface area contributed by atoms with Gasteiger partial charge in [-0.3, -0.25) is 9.78 Å². The Bertz CT molecular complexity index is 777. The Morgan fingerprint density at radius 2 is 2.05 bits per heavy atom. The summed E-state index contributed by atoms with van der Waals surface area (Å²) in [4.78, 5) is 20.2. The van der Waals surface area contributed by atoms with Crippen molar-refractivity contribution in [2.45, 2.75) is 13.8 Å². The molecule has 3 rings (SSSR count). The lowest BCUT2D eigenvalue weighted by Crippen LogP contribution is -1.93.